The van der Waals surface area contributed by atoms with Gasteiger partial charge in [0.1, 0.15) is 0 Å². The normalized spacial score (nSPS) is 14.1. The average Bonchev–Trinajstić information content (AvgIpc) is 2.54. The predicted octanol–water partition coefficient (Wildman–Crippen LogP) is 3.67. The fraction of sp³-hybridized carbons (Fsp3) is 0.368. The lowest BCUT2D eigenvalue weighted by atomic mass is 9.94. The summed E-state index contributed by atoms with van der Waals surface area (Å²) in [6.45, 7) is 6.16. The molecule has 0 bridgehead atoms. The molecule has 2 nitrogen and oxygen atoms in total. The minimum absolute atomic E-state index is 0.0430. The van der Waals surface area contributed by atoms with Crippen LogP contribution in [-0.4, -0.2) is 29.2 Å². The van der Waals surface area contributed by atoms with Crippen LogP contribution < -0.4 is 0 Å². The highest BCUT2D eigenvalue weighted by atomic mass is 16.3. The molecule has 0 fully saturated rings. The number of aliphatic hydroxyl groups is 1. The Bertz CT molecular complexity index is 508. The van der Waals surface area contributed by atoms with Crippen molar-refractivity contribution in [2.24, 2.45) is 0 Å². The van der Waals surface area contributed by atoms with E-state index in [1.54, 1.807) is 0 Å². The van der Waals surface area contributed by atoms with Crippen LogP contribution in [0.3, 0.4) is 0 Å². The Balaban J connectivity index is 2.22. The molecular weight excluding hydrogens is 258 g/mol. The topological polar surface area (TPSA) is 23.5 Å². The first-order valence-electron chi connectivity index (χ1n) is 7.77. The third kappa shape index (κ3) is 4.16. The number of hydrogen-bond acceptors (Lipinski definition) is 2. The van der Waals surface area contributed by atoms with Crippen molar-refractivity contribution >= 4 is 0 Å². The molecule has 0 aromatic heterocycles. The van der Waals surface area contributed by atoms with Crippen LogP contribution in [0, 0.1) is 0 Å². The van der Waals surface area contributed by atoms with Crippen molar-refractivity contribution in [3.05, 3.63) is 71.8 Å². The molecule has 112 valence electrons. The molecule has 0 radical (unpaired) electrons. The molecule has 0 aliphatic rings. The highest BCUT2D eigenvalue weighted by Crippen LogP contribution is 2.26. The van der Waals surface area contributed by atoms with Gasteiger partial charge in [-0.05, 0) is 24.2 Å². The molecule has 2 rings (SSSR count). The second-order valence-electron chi connectivity index (χ2n) is 5.33. The van der Waals surface area contributed by atoms with Crippen molar-refractivity contribution in [2.45, 2.75) is 32.4 Å². The van der Waals surface area contributed by atoms with Gasteiger partial charge in [-0.2, -0.15) is 0 Å². The van der Waals surface area contributed by atoms with E-state index in [0.29, 0.717) is 6.42 Å². The molecule has 2 aromatic rings. The number of likely N-dealkylation sites (N-methyl/N-ethyl adjacent to an activating group) is 1. The van der Waals surface area contributed by atoms with Crippen LogP contribution in [0.15, 0.2) is 60.7 Å². The zero-order chi connectivity index (χ0) is 15.1. The van der Waals surface area contributed by atoms with Gasteiger partial charge >= 0.3 is 0 Å². The van der Waals surface area contributed by atoms with E-state index in [-0.39, 0.29) is 6.04 Å². The standard InChI is InChI=1S/C19H25NO/c1-3-20(4-2)19(17-13-9-6-10-14-17)18(21)15-16-11-7-5-8-12-16/h5-14,18-19,21H,3-4,15H2,1-2H3. The molecular formula is C19H25NO. The van der Waals surface area contributed by atoms with E-state index >= 15 is 0 Å². The second kappa shape index (κ2) is 7.96. The summed E-state index contributed by atoms with van der Waals surface area (Å²) >= 11 is 0. The highest BCUT2D eigenvalue weighted by molar-refractivity contribution is 5.22. The van der Waals surface area contributed by atoms with Gasteiger partial charge < -0.3 is 5.11 Å². The number of benzene rings is 2. The summed E-state index contributed by atoms with van der Waals surface area (Å²) in [6, 6.07) is 20.6. The van der Waals surface area contributed by atoms with Gasteiger partial charge in [-0.3, -0.25) is 4.90 Å². The summed E-state index contributed by atoms with van der Waals surface area (Å²) in [7, 11) is 0. The van der Waals surface area contributed by atoms with Gasteiger partial charge in [0.25, 0.3) is 0 Å². The first-order chi connectivity index (χ1) is 10.3. The van der Waals surface area contributed by atoms with E-state index in [4.69, 9.17) is 0 Å². The largest absolute Gasteiger partial charge is 0.391 e. The van der Waals surface area contributed by atoms with Crippen LogP contribution in [0.4, 0.5) is 0 Å². The van der Waals surface area contributed by atoms with Gasteiger partial charge in [0.15, 0.2) is 0 Å². The third-order valence-corrected chi connectivity index (χ3v) is 4.00. The quantitative estimate of drug-likeness (QED) is 0.838. The molecule has 0 aliphatic carbocycles. The second-order valence-corrected chi connectivity index (χ2v) is 5.33. The zero-order valence-corrected chi connectivity index (χ0v) is 12.9. The number of aliphatic hydroxyl groups excluding tert-OH is 1. The maximum absolute atomic E-state index is 10.8. The van der Waals surface area contributed by atoms with E-state index in [0.717, 1.165) is 13.1 Å². The number of rotatable bonds is 7. The van der Waals surface area contributed by atoms with E-state index in [1.165, 1.54) is 11.1 Å². The molecule has 0 saturated carbocycles. The Hall–Kier alpha value is -1.64. The van der Waals surface area contributed by atoms with E-state index in [2.05, 4.69) is 43.0 Å². The Kier molecular flexibility index (Phi) is 5.97. The molecule has 2 aromatic carbocycles. The van der Waals surface area contributed by atoms with Crippen molar-refractivity contribution in [2.75, 3.05) is 13.1 Å². The van der Waals surface area contributed by atoms with E-state index in [9.17, 15) is 5.11 Å². The van der Waals surface area contributed by atoms with Crippen molar-refractivity contribution in [3.8, 4) is 0 Å². The first-order valence-corrected chi connectivity index (χ1v) is 7.77. The molecule has 1 N–H and O–H groups in total. The van der Waals surface area contributed by atoms with Crippen molar-refractivity contribution in [3.63, 3.8) is 0 Å². The van der Waals surface area contributed by atoms with Gasteiger partial charge in [-0.15, -0.1) is 0 Å². The van der Waals surface area contributed by atoms with Crippen LogP contribution in [0.1, 0.15) is 31.0 Å². The smallest absolute Gasteiger partial charge is 0.0777 e. The van der Waals surface area contributed by atoms with Crippen molar-refractivity contribution in [1.29, 1.82) is 0 Å². The summed E-state index contributed by atoms with van der Waals surface area (Å²) in [6.07, 6.45) is 0.270. The third-order valence-electron chi connectivity index (χ3n) is 4.00. The maximum atomic E-state index is 10.8. The lowest BCUT2D eigenvalue weighted by Gasteiger charge is -2.34. The van der Waals surface area contributed by atoms with Crippen LogP contribution in [-0.2, 0) is 6.42 Å². The minimum atomic E-state index is -0.408. The number of hydrogen-bond donors (Lipinski definition) is 1. The summed E-state index contributed by atoms with van der Waals surface area (Å²) < 4.78 is 0. The first kappa shape index (κ1) is 15.7. The Labute approximate surface area is 128 Å². The molecule has 0 aliphatic heterocycles. The Morgan fingerprint density at radius 1 is 0.857 bits per heavy atom. The SMILES string of the molecule is CCN(CC)C(c1ccccc1)C(O)Cc1ccccc1. The van der Waals surface area contributed by atoms with Crippen molar-refractivity contribution in [1.82, 2.24) is 4.90 Å². The minimum Gasteiger partial charge on any atom is -0.391 e. The lowest BCUT2D eigenvalue weighted by Crippen LogP contribution is -2.37. The highest BCUT2D eigenvalue weighted by Gasteiger charge is 2.25. The van der Waals surface area contributed by atoms with Crippen LogP contribution in [0.5, 0.6) is 0 Å². The predicted molar refractivity (Wildman–Crippen MR) is 88.3 cm³/mol. The molecule has 2 heteroatoms. The van der Waals surface area contributed by atoms with Crippen LogP contribution in [0.25, 0.3) is 0 Å². The van der Waals surface area contributed by atoms with Gasteiger partial charge in [0.05, 0.1) is 12.1 Å². The summed E-state index contributed by atoms with van der Waals surface area (Å²) in [5.41, 5.74) is 2.36. The molecule has 2 unspecified atom stereocenters. The fourth-order valence-electron chi connectivity index (χ4n) is 2.91. The summed E-state index contributed by atoms with van der Waals surface area (Å²) in [4.78, 5) is 2.32. The van der Waals surface area contributed by atoms with Crippen LogP contribution in [0.2, 0.25) is 0 Å². The van der Waals surface area contributed by atoms with Crippen molar-refractivity contribution < 1.29 is 5.11 Å². The molecule has 0 saturated heterocycles. The van der Waals surface area contributed by atoms with Gasteiger partial charge in [0, 0.05) is 6.42 Å². The fourth-order valence-corrected chi connectivity index (χ4v) is 2.91. The maximum Gasteiger partial charge on any atom is 0.0777 e. The molecule has 2 atom stereocenters. The van der Waals surface area contributed by atoms with Gasteiger partial charge in [-0.1, -0.05) is 74.5 Å². The monoisotopic (exact) mass is 283 g/mol. The molecule has 0 amide bonds. The van der Waals surface area contributed by atoms with Crippen LogP contribution >= 0.6 is 0 Å². The van der Waals surface area contributed by atoms with Gasteiger partial charge in [0.2, 0.25) is 0 Å². The molecule has 0 spiro atoms. The van der Waals surface area contributed by atoms with E-state index < -0.39 is 6.10 Å². The number of nitrogens with zero attached hydrogens (tertiary/aromatic N) is 1. The van der Waals surface area contributed by atoms with Gasteiger partial charge in [-0.25, -0.2) is 0 Å². The summed E-state index contributed by atoms with van der Waals surface area (Å²) in [5.74, 6) is 0. The summed E-state index contributed by atoms with van der Waals surface area (Å²) in [5, 5.41) is 10.8. The molecule has 21 heavy (non-hydrogen) atoms. The average molecular weight is 283 g/mol. The zero-order valence-electron chi connectivity index (χ0n) is 12.9. The van der Waals surface area contributed by atoms with E-state index in [1.807, 2.05) is 36.4 Å². The Morgan fingerprint density at radius 2 is 1.38 bits per heavy atom. The Morgan fingerprint density at radius 3 is 1.90 bits per heavy atom. The molecule has 0 heterocycles. The lowest BCUT2D eigenvalue weighted by molar-refractivity contribution is 0.0538.